The van der Waals surface area contributed by atoms with Gasteiger partial charge in [0.15, 0.2) is 0 Å². The molecule has 0 spiro atoms. The Morgan fingerprint density at radius 1 is 1.47 bits per heavy atom. The van der Waals surface area contributed by atoms with Crippen LogP contribution in [0.1, 0.15) is 33.6 Å². The first-order valence-electron chi connectivity index (χ1n) is 6.39. The first-order chi connectivity index (χ1) is 8.09. The second-order valence-corrected chi connectivity index (χ2v) is 4.99. The number of aromatic nitrogens is 2. The van der Waals surface area contributed by atoms with Gasteiger partial charge in [-0.15, -0.1) is 0 Å². The summed E-state index contributed by atoms with van der Waals surface area (Å²) in [6.07, 6.45) is 10.5. The molecule has 0 aliphatic rings. The average Bonchev–Trinajstić information content (AvgIpc) is 2.78. The Kier molecular flexibility index (Phi) is 5.98. The van der Waals surface area contributed by atoms with Crippen LogP contribution in [0.25, 0.3) is 0 Å². The maximum atomic E-state index is 4.05. The molecular formula is C14H25N3. The highest BCUT2D eigenvalue weighted by Crippen LogP contribution is 2.06. The van der Waals surface area contributed by atoms with Crippen molar-refractivity contribution in [1.29, 1.82) is 0 Å². The maximum Gasteiger partial charge on any atom is 0.0946 e. The van der Waals surface area contributed by atoms with E-state index in [1.165, 1.54) is 18.4 Å². The van der Waals surface area contributed by atoms with Gasteiger partial charge in [0, 0.05) is 31.5 Å². The highest BCUT2D eigenvalue weighted by molar-refractivity contribution is 4.93. The van der Waals surface area contributed by atoms with E-state index >= 15 is 0 Å². The first kappa shape index (κ1) is 14.0. The van der Waals surface area contributed by atoms with Gasteiger partial charge in [0.1, 0.15) is 0 Å². The summed E-state index contributed by atoms with van der Waals surface area (Å²) < 4.78 is 2.12. The summed E-state index contributed by atoms with van der Waals surface area (Å²) in [6.45, 7) is 8.71. The number of hydrogen-bond donors (Lipinski definition) is 0. The van der Waals surface area contributed by atoms with E-state index < -0.39 is 0 Å². The Labute approximate surface area is 105 Å². The predicted molar refractivity (Wildman–Crippen MR) is 73.0 cm³/mol. The monoisotopic (exact) mass is 235 g/mol. The smallest absolute Gasteiger partial charge is 0.0946 e. The molecule has 0 aliphatic heterocycles. The Morgan fingerprint density at radius 2 is 2.24 bits per heavy atom. The lowest BCUT2D eigenvalue weighted by atomic mass is 10.1. The fraction of sp³-hybridized carbons (Fsp3) is 0.643. The molecule has 0 saturated heterocycles. The van der Waals surface area contributed by atoms with Crippen molar-refractivity contribution < 1.29 is 0 Å². The SMILES string of the molecule is CC(C)=CCCC(C)N(C)CCn1ccnc1. The molecule has 0 saturated carbocycles. The van der Waals surface area contributed by atoms with Crippen LogP contribution in [0.2, 0.25) is 0 Å². The Balaban J connectivity index is 2.22. The molecule has 0 amide bonds. The maximum absolute atomic E-state index is 4.05. The van der Waals surface area contributed by atoms with E-state index in [9.17, 15) is 0 Å². The van der Waals surface area contributed by atoms with Crippen molar-refractivity contribution in [3.8, 4) is 0 Å². The third-order valence-corrected chi connectivity index (χ3v) is 3.16. The molecule has 0 radical (unpaired) electrons. The highest BCUT2D eigenvalue weighted by atomic mass is 15.1. The minimum atomic E-state index is 0.633. The summed E-state index contributed by atoms with van der Waals surface area (Å²) in [6, 6.07) is 0.633. The molecule has 0 bridgehead atoms. The van der Waals surface area contributed by atoms with Crippen LogP contribution in [0.4, 0.5) is 0 Å². The second kappa shape index (κ2) is 7.28. The molecule has 0 fully saturated rings. The van der Waals surface area contributed by atoms with Crippen molar-refractivity contribution >= 4 is 0 Å². The largest absolute Gasteiger partial charge is 0.336 e. The van der Waals surface area contributed by atoms with E-state index in [0.717, 1.165) is 13.1 Å². The van der Waals surface area contributed by atoms with E-state index in [4.69, 9.17) is 0 Å². The van der Waals surface area contributed by atoms with Gasteiger partial charge in [-0.1, -0.05) is 11.6 Å². The Hall–Kier alpha value is -1.09. The number of nitrogens with zero attached hydrogens (tertiary/aromatic N) is 3. The highest BCUT2D eigenvalue weighted by Gasteiger charge is 2.07. The van der Waals surface area contributed by atoms with Crippen LogP contribution in [-0.4, -0.2) is 34.1 Å². The molecule has 17 heavy (non-hydrogen) atoms. The standard InChI is InChI=1S/C14H25N3/c1-13(2)6-5-7-14(3)16(4)10-11-17-9-8-15-12-17/h6,8-9,12,14H,5,7,10-11H2,1-4H3. The van der Waals surface area contributed by atoms with Gasteiger partial charge < -0.3 is 9.47 Å². The predicted octanol–water partition coefficient (Wildman–Crippen LogP) is 2.95. The normalized spacial score (nSPS) is 12.8. The van der Waals surface area contributed by atoms with Crippen molar-refractivity contribution in [1.82, 2.24) is 14.5 Å². The lowest BCUT2D eigenvalue weighted by Gasteiger charge is -2.24. The van der Waals surface area contributed by atoms with Crippen LogP contribution in [0.5, 0.6) is 0 Å². The number of imidazole rings is 1. The first-order valence-corrected chi connectivity index (χ1v) is 6.39. The Morgan fingerprint density at radius 3 is 2.82 bits per heavy atom. The van der Waals surface area contributed by atoms with Crippen molar-refractivity contribution in [2.24, 2.45) is 0 Å². The van der Waals surface area contributed by atoms with Crippen LogP contribution in [-0.2, 0) is 6.54 Å². The zero-order chi connectivity index (χ0) is 12.7. The summed E-state index contributed by atoms with van der Waals surface area (Å²) >= 11 is 0. The van der Waals surface area contributed by atoms with Gasteiger partial charge >= 0.3 is 0 Å². The van der Waals surface area contributed by atoms with Crippen molar-refractivity contribution in [3.05, 3.63) is 30.4 Å². The summed E-state index contributed by atoms with van der Waals surface area (Å²) in [5.41, 5.74) is 1.42. The van der Waals surface area contributed by atoms with Gasteiger partial charge in [-0.2, -0.15) is 0 Å². The molecule has 1 atom stereocenters. The zero-order valence-corrected chi connectivity index (χ0v) is 11.6. The van der Waals surface area contributed by atoms with Crippen LogP contribution >= 0.6 is 0 Å². The minimum Gasteiger partial charge on any atom is -0.336 e. The van der Waals surface area contributed by atoms with Gasteiger partial charge in [-0.25, -0.2) is 4.98 Å². The lowest BCUT2D eigenvalue weighted by molar-refractivity contribution is 0.238. The molecule has 1 heterocycles. The van der Waals surface area contributed by atoms with E-state index in [0.29, 0.717) is 6.04 Å². The van der Waals surface area contributed by atoms with Gasteiger partial charge in [0.05, 0.1) is 6.33 Å². The number of rotatable bonds is 7. The topological polar surface area (TPSA) is 21.1 Å². The van der Waals surface area contributed by atoms with Gasteiger partial charge in [0.2, 0.25) is 0 Å². The quantitative estimate of drug-likeness (QED) is 0.678. The van der Waals surface area contributed by atoms with Crippen LogP contribution in [0.3, 0.4) is 0 Å². The third kappa shape index (κ3) is 5.68. The van der Waals surface area contributed by atoms with Gasteiger partial charge in [-0.3, -0.25) is 0 Å². The molecule has 96 valence electrons. The zero-order valence-electron chi connectivity index (χ0n) is 11.6. The van der Waals surface area contributed by atoms with Crippen LogP contribution in [0.15, 0.2) is 30.4 Å². The molecule has 3 nitrogen and oxygen atoms in total. The molecule has 0 aliphatic carbocycles. The number of hydrogen-bond acceptors (Lipinski definition) is 2. The fourth-order valence-electron chi connectivity index (χ4n) is 1.75. The van der Waals surface area contributed by atoms with E-state index in [1.807, 2.05) is 18.7 Å². The second-order valence-electron chi connectivity index (χ2n) is 4.99. The van der Waals surface area contributed by atoms with Gasteiger partial charge in [-0.05, 0) is 40.7 Å². The molecule has 1 aromatic rings. The van der Waals surface area contributed by atoms with Gasteiger partial charge in [0.25, 0.3) is 0 Å². The van der Waals surface area contributed by atoms with Crippen molar-refractivity contribution in [3.63, 3.8) is 0 Å². The summed E-state index contributed by atoms with van der Waals surface area (Å²) in [4.78, 5) is 6.47. The third-order valence-electron chi connectivity index (χ3n) is 3.16. The Bertz CT molecular complexity index is 323. The van der Waals surface area contributed by atoms with E-state index in [1.54, 1.807) is 0 Å². The molecule has 0 aromatic carbocycles. The molecule has 3 heteroatoms. The van der Waals surface area contributed by atoms with Crippen molar-refractivity contribution in [2.45, 2.75) is 46.2 Å². The molecule has 1 aromatic heterocycles. The van der Waals surface area contributed by atoms with E-state index in [2.05, 4.69) is 48.3 Å². The number of allylic oxidation sites excluding steroid dienone is 2. The van der Waals surface area contributed by atoms with Crippen molar-refractivity contribution in [2.75, 3.05) is 13.6 Å². The average molecular weight is 235 g/mol. The number of likely N-dealkylation sites (N-methyl/N-ethyl adjacent to an activating group) is 1. The summed E-state index contributed by atoms with van der Waals surface area (Å²) in [5, 5.41) is 0. The molecule has 0 N–H and O–H groups in total. The summed E-state index contributed by atoms with van der Waals surface area (Å²) in [5.74, 6) is 0. The fourth-order valence-corrected chi connectivity index (χ4v) is 1.75. The van der Waals surface area contributed by atoms with E-state index in [-0.39, 0.29) is 0 Å². The lowest BCUT2D eigenvalue weighted by Crippen LogP contribution is -2.31. The molecular weight excluding hydrogens is 210 g/mol. The van der Waals surface area contributed by atoms with Crippen LogP contribution in [0, 0.1) is 0 Å². The minimum absolute atomic E-state index is 0.633. The summed E-state index contributed by atoms with van der Waals surface area (Å²) in [7, 11) is 2.20. The molecule has 1 rings (SSSR count). The molecule has 1 unspecified atom stereocenters. The van der Waals surface area contributed by atoms with Crippen LogP contribution < -0.4 is 0 Å².